The molecule has 1 saturated heterocycles. The van der Waals surface area contributed by atoms with Crippen molar-refractivity contribution in [2.24, 2.45) is 0 Å². The highest BCUT2D eigenvalue weighted by atomic mass is 32.1. The first kappa shape index (κ1) is 16.9. The molecule has 0 N–H and O–H groups in total. The topological polar surface area (TPSA) is 45.7 Å². The van der Waals surface area contributed by atoms with E-state index in [0.717, 1.165) is 36.1 Å². The number of benzene rings is 1. The Morgan fingerprint density at radius 1 is 1.33 bits per heavy atom. The van der Waals surface area contributed by atoms with E-state index in [2.05, 4.69) is 23.9 Å². The van der Waals surface area contributed by atoms with Crippen LogP contribution < -0.4 is 4.74 Å². The van der Waals surface area contributed by atoms with Crippen molar-refractivity contribution < 1.29 is 9.53 Å². The number of hydrogen-bond acceptors (Lipinski definition) is 5. The lowest BCUT2D eigenvalue weighted by Crippen LogP contribution is -2.52. The highest BCUT2D eigenvalue weighted by Gasteiger charge is 2.26. The molecule has 1 amide bonds. The first-order chi connectivity index (χ1) is 11.5. The van der Waals surface area contributed by atoms with Gasteiger partial charge in [-0.1, -0.05) is 0 Å². The molecule has 0 spiro atoms. The number of aromatic nitrogens is 1. The Balaban J connectivity index is 1.60. The Bertz CT molecular complexity index is 699. The van der Waals surface area contributed by atoms with E-state index in [4.69, 9.17) is 4.74 Å². The van der Waals surface area contributed by atoms with Gasteiger partial charge in [-0.15, -0.1) is 11.3 Å². The lowest BCUT2D eigenvalue weighted by Gasteiger charge is -2.38. The summed E-state index contributed by atoms with van der Waals surface area (Å²) in [5.74, 6) is 0.848. The van der Waals surface area contributed by atoms with Crippen LogP contribution in [0.5, 0.6) is 5.75 Å². The molecule has 0 saturated carbocycles. The van der Waals surface area contributed by atoms with E-state index in [0.29, 0.717) is 12.2 Å². The van der Waals surface area contributed by atoms with Crippen molar-refractivity contribution in [1.82, 2.24) is 14.8 Å². The molecule has 0 aliphatic carbocycles. The number of amides is 1. The van der Waals surface area contributed by atoms with Gasteiger partial charge >= 0.3 is 0 Å². The Morgan fingerprint density at radius 2 is 2.08 bits per heavy atom. The number of aryl methyl sites for hydroxylation is 1. The molecule has 128 valence electrons. The third-order valence-corrected chi connectivity index (χ3v) is 5.07. The van der Waals surface area contributed by atoms with Gasteiger partial charge in [0.1, 0.15) is 12.4 Å². The van der Waals surface area contributed by atoms with E-state index >= 15 is 0 Å². The summed E-state index contributed by atoms with van der Waals surface area (Å²) in [5.41, 5.74) is 1.65. The fraction of sp³-hybridized carbons (Fsp3) is 0.444. The van der Waals surface area contributed by atoms with Gasteiger partial charge in [0.2, 0.25) is 0 Å². The minimum absolute atomic E-state index is 0.0947. The van der Waals surface area contributed by atoms with Crippen LogP contribution in [0.3, 0.4) is 0 Å². The number of piperazine rings is 1. The first-order valence-corrected chi connectivity index (χ1v) is 9.04. The van der Waals surface area contributed by atoms with Crippen LogP contribution in [-0.2, 0) is 6.61 Å². The van der Waals surface area contributed by atoms with E-state index in [-0.39, 0.29) is 11.9 Å². The molecule has 1 aliphatic heterocycles. The maximum Gasteiger partial charge on any atom is 0.254 e. The number of rotatable bonds is 4. The van der Waals surface area contributed by atoms with Crippen molar-refractivity contribution in [3.63, 3.8) is 0 Å². The third kappa shape index (κ3) is 3.94. The minimum atomic E-state index is 0.0947. The van der Waals surface area contributed by atoms with Crippen molar-refractivity contribution >= 4 is 17.2 Å². The van der Waals surface area contributed by atoms with Gasteiger partial charge in [-0.25, -0.2) is 4.98 Å². The summed E-state index contributed by atoms with van der Waals surface area (Å²) >= 11 is 1.62. The predicted octanol–water partition coefficient (Wildman–Crippen LogP) is 2.81. The van der Waals surface area contributed by atoms with Gasteiger partial charge < -0.3 is 14.5 Å². The normalized spacial score (nSPS) is 18.6. The van der Waals surface area contributed by atoms with Crippen molar-refractivity contribution in [2.75, 3.05) is 26.7 Å². The Kier molecular flexibility index (Phi) is 5.16. The molecule has 1 fully saturated rings. The number of ether oxygens (including phenoxy) is 1. The average Bonchev–Trinajstić information content (AvgIpc) is 2.98. The largest absolute Gasteiger partial charge is 0.487 e. The predicted molar refractivity (Wildman–Crippen MR) is 95.6 cm³/mol. The van der Waals surface area contributed by atoms with Gasteiger partial charge in [-0.05, 0) is 45.2 Å². The molecular weight excluding hydrogens is 322 g/mol. The fourth-order valence-electron chi connectivity index (χ4n) is 2.93. The molecule has 1 aromatic heterocycles. The molecular formula is C18H23N3O2S. The van der Waals surface area contributed by atoms with Crippen LogP contribution in [0.2, 0.25) is 0 Å². The summed E-state index contributed by atoms with van der Waals surface area (Å²) in [4.78, 5) is 21.3. The Hall–Kier alpha value is -1.92. The number of likely N-dealkylation sites (N-methyl/N-ethyl adjacent to an activating group) is 1. The highest BCUT2D eigenvalue weighted by Crippen LogP contribution is 2.18. The van der Waals surface area contributed by atoms with Gasteiger partial charge in [0.15, 0.2) is 0 Å². The molecule has 6 heteroatoms. The summed E-state index contributed by atoms with van der Waals surface area (Å²) in [6.45, 7) is 7.14. The molecule has 0 bridgehead atoms. The van der Waals surface area contributed by atoms with Gasteiger partial charge in [0.25, 0.3) is 5.91 Å². The SMILES string of the molecule is Cc1nc(COc2ccc(C(=O)N3CCN(C)CC3C)cc2)cs1. The summed E-state index contributed by atoms with van der Waals surface area (Å²) in [7, 11) is 2.09. The molecule has 1 aromatic carbocycles. The number of nitrogens with zero attached hydrogens (tertiary/aromatic N) is 3. The first-order valence-electron chi connectivity index (χ1n) is 8.16. The lowest BCUT2D eigenvalue weighted by molar-refractivity contribution is 0.0533. The lowest BCUT2D eigenvalue weighted by atomic mass is 10.1. The molecule has 1 unspecified atom stereocenters. The van der Waals surface area contributed by atoms with Crippen molar-refractivity contribution in [1.29, 1.82) is 0 Å². The van der Waals surface area contributed by atoms with Crippen LogP contribution in [-0.4, -0.2) is 53.4 Å². The number of carbonyl (C=O) groups is 1. The van der Waals surface area contributed by atoms with Crippen LogP contribution in [0.4, 0.5) is 0 Å². The summed E-state index contributed by atoms with van der Waals surface area (Å²) < 4.78 is 5.73. The monoisotopic (exact) mass is 345 g/mol. The Morgan fingerprint density at radius 3 is 2.71 bits per heavy atom. The molecule has 1 aliphatic rings. The number of carbonyl (C=O) groups excluding carboxylic acids is 1. The molecule has 24 heavy (non-hydrogen) atoms. The van der Waals surface area contributed by atoms with Gasteiger partial charge in [-0.2, -0.15) is 0 Å². The van der Waals surface area contributed by atoms with Crippen molar-refractivity contribution in [3.8, 4) is 5.75 Å². The van der Waals surface area contributed by atoms with Gasteiger partial charge in [0, 0.05) is 36.6 Å². The minimum Gasteiger partial charge on any atom is -0.487 e. The highest BCUT2D eigenvalue weighted by molar-refractivity contribution is 7.09. The molecule has 1 atom stereocenters. The maximum absolute atomic E-state index is 12.7. The molecule has 5 nitrogen and oxygen atoms in total. The van der Waals surface area contributed by atoms with Crippen LogP contribution in [0, 0.1) is 6.92 Å². The average molecular weight is 345 g/mol. The molecule has 2 heterocycles. The van der Waals surface area contributed by atoms with Gasteiger partial charge in [0.05, 0.1) is 10.7 Å². The zero-order valence-corrected chi connectivity index (χ0v) is 15.2. The quantitative estimate of drug-likeness (QED) is 0.855. The van der Waals surface area contributed by atoms with Crippen LogP contribution >= 0.6 is 11.3 Å². The summed E-state index contributed by atoms with van der Waals surface area (Å²) in [5, 5.41) is 3.04. The number of thiazole rings is 1. The van der Waals surface area contributed by atoms with Crippen LogP contribution in [0.25, 0.3) is 0 Å². The van der Waals surface area contributed by atoms with Crippen molar-refractivity contribution in [3.05, 3.63) is 45.9 Å². The second-order valence-electron chi connectivity index (χ2n) is 6.28. The third-order valence-electron chi connectivity index (χ3n) is 4.25. The van der Waals surface area contributed by atoms with Crippen LogP contribution in [0.15, 0.2) is 29.6 Å². The zero-order valence-electron chi connectivity index (χ0n) is 14.4. The van der Waals surface area contributed by atoms with E-state index in [9.17, 15) is 4.79 Å². The zero-order chi connectivity index (χ0) is 17.1. The van der Waals surface area contributed by atoms with E-state index in [1.165, 1.54) is 0 Å². The van der Waals surface area contributed by atoms with E-state index < -0.39 is 0 Å². The molecule has 2 aromatic rings. The van der Waals surface area contributed by atoms with E-state index in [1.807, 2.05) is 41.5 Å². The summed E-state index contributed by atoms with van der Waals surface area (Å²) in [6, 6.07) is 7.63. The number of hydrogen-bond donors (Lipinski definition) is 0. The van der Waals surface area contributed by atoms with Crippen LogP contribution in [0.1, 0.15) is 28.0 Å². The maximum atomic E-state index is 12.7. The smallest absolute Gasteiger partial charge is 0.254 e. The molecule has 3 rings (SSSR count). The second kappa shape index (κ2) is 7.32. The summed E-state index contributed by atoms with van der Waals surface area (Å²) in [6.07, 6.45) is 0. The molecule has 0 radical (unpaired) electrons. The standard InChI is InChI=1S/C18H23N3O2S/c1-13-10-20(3)8-9-21(13)18(22)15-4-6-17(7-5-15)23-11-16-12-24-14(2)19-16/h4-7,12-13H,8-11H2,1-3H3. The fourth-order valence-corrected chi connectivity index (χ4v) is 3.53. The van der Waals surface area contributed by atoms with Gasteiger partial charge in [-0.3, -0.25) is 4.79 Å². The second-order valence-corrected chi connectivity index (χ2v) is 7.34. The Labute approximate surface area is 146 Å². The van der Waals surface area contributed by atoms with Crippen molar-refractivity contribution in [2.45, 2.75) is 26.5 Å². The van der Waals surface area contributed by atoms with E-state index in [1.54, 1.807) is 11.3 Å².